The van der Waals surface area contributed by atoms with Crippen molar-refractivity contribution in [3.63, 3.8) is 0 Å². The Morgan fingerprint density at radius 2 is 1.59 bits per heavy atom. The van der Waals surface area contributed by atoms with Crippen LogP contribution in [-0.4, -0.2) is 55.0 Å². The molecule has 0 bridgehead atoms. The standard InChI is InChI=1S/C19H16F6O7/c1-7-10-11(28-13(7)26)12-15(29-10)32-17(2,31-12)9-5-3-8(4-6-9)14(27)30-16(18(20,21)22)19(23,24)25/h3-7,10-12,15-16H,1-2H3. The maximum absolute atomic E-state index is 12.6. The molecule has 0 radical (unpaired) electrons. The van der Waals surface area contributed by atoms with Crippen LogP contribution in [0.4, 0.5) is 26.3 Å². The van der Waals surface area contributed by atoms with Crippen LogP contribution in [0.1, 0.15) is 29.8 Å². The number of rotatable bonds is 3. The lowest BCUT2D eigenvalue weighted by Crippen LogP contribution is -2.45. The van der Waals surface area contributed by atoms with E-state index in [0.717, 1.165) is 12.1 Å². The monoisotopic (exact) mass is 470 g/mol. The third-order valence-corrected chi connectivity index (χ3v) is 5.49. The Morgan fingerprint density at radius 1 is 1.00 bits per heavy atom. The molecule has 1 aromatic carbocycles. The summed E-state index contributed by atoms with van der Waals surface area (Å²) in [6.45, 7) is 3.15. The summed E-state index contributed by atoms with van der Waals surface area (Å²) in [5.41, 5.74) is -0.243. The van der Waals surface area contributed by atoms with E-state index in [1.165, 1.54) is 19.1 Å². The predicted octanol–water partition coefficient (Wildman–Crippen LogP) is 3.21. The van der Waals surface area contributed by atoms with Gasteiger partial charge < -0.3 is 23.7 Å². The van der Waals surface area contributed by atoms with Gasteiger partial charge in [-0.1, -0.05) is 12.1 Å². The van der Waals surface area contributed by atoms with Gasteiger partial charge in [0.25, 0.3) is 6.10 Å². The van der Waals surface area contributed by atoms with Crippen LogP contribution in [0.15, 0.2) is 24.3 Å². The van der Waals surface area contributed by atoms with E-state index in [1.807, 2.05) is 0 Å². The third kappa shape index (κ3) is 3.82. The van der Waals surface area contributed by atoms with Gasteiger partial charge >= 0.3 is 24.3 Å². The summed E-state index contributed by atoms with van der Waals surface area (Å²) in [6, 6.07) is 4.42. The summed E-state index contributed by atoms with van der Waals surface area (Å²) in [6.07, 6.45) is -18.7. The highest BCUT2D eigenvalue weighted by Gasteiger charge is 2.63. The number of hydrogen-bond donors (Lipinski definition) is 0. The van der Waals surface area contributed by atoms with E-state index >= 15 is 0 Å². The predicted molar refractivity (Wildman–Crippen MR) is 88.8 cm³/mol. The van der Waals surface area contributed by atoms with Crippen molar-refractivity contribution in [3.8, 4) is 0 Å². The first-order valence-electron chi connectivity index (χ1n) is 9.37. The quantitative estimate of drug-likeness (QED) is 0.496. The lowest BCUT2D eigenvalue weighted by Gasteiger charge is -2.26. The van der Waals surface area contributed by atoms with E-state index in [-0.39, 0.29) is 0 Å². The molecule has 0 saturated carbocycles. The molecule has 3 saturated heterocycles. The van der Waals surface area contributed by atoms with Crippen LogP contribution in [-0.2, 0) is 34.3 Å². The molecule has 3 aliphatic rings. The largest absolute Gasteiger partial charge is 0.456 e. The number of ether oxygens (including phenoxy) is 5. The molecule has 0 spiro atoms. The Labute approximate surface area is 176 Å². The molecule has 1 aromatic rings. The molecule has 6 atom stereocenters. The number of carbonyl (C=O) groups is 2. The first-order chi connectivity index (χ1) is 14.7. The van der Waals surface area contributed by atoms with Gasteiger partial charge in [-0.05, 0) is 26.0 Å². The molecule has 0 aliphatic carbocycles. The van der Waals surface area contributed by atoms with Gasteiger partial charge in [0, 0.05) is 5.56 Å². The fraction of sp³-hybridized carbons (Fsp3) is 0.579. The van der Waals surface area contributed by atoms with E-state index in [0.29, 0.717) is 5.56 Å². The SMILES string of the molecule is CC1C(=O)OC2C3OC(C)(c4ccc(C(=O)OC(C(F)(F)F)C(F)(F)F)cc4)OC3OC12. The molecule has 0 amide bonds. The zero-order chi connectivity index (χ0) is 23.6. The van der Waals surface area contributed by atoms with E-state index < -0.39 is 72.3 Å². The Morgan fingerprint density at radius 3 is 2.16 bits per heavy atom. The van der Waals surface area contributed by atoms with Crippen LogP contribution >= 0.6 is 0 Å². The van der Waals surface area contributed by atoms with Gasteiger partial charge in [0.05, 0.1) is 11.5 Å². The van der Waals surface area contributed by atoms with Crippen LogP contribution in [0.3, 0.4) is 0 Å². The van der Waals surface area contributed by atoms with Crippen molar-refractivity contribution in [1.82, 2.24) is 0 Å². The zero-order valence-corrected chi connectivity index (χ0v) is 16.4. The second-order valence-corrected chi connectivity index (χ2v) is 7.75. The summed E-state index contributed by atoms with van der Waals surface area (Å²) < 4.78 is 102. The number of fused-ring (bicyclic) bond motifs is 3. The topological polar surface area (TPSA) is 80.3 Å². The average Bonchev–Trinajstić information content (AvgIpc) is 3.27. The van der Waals surface area contributed by atoms with Crippen LogP contribution in [0.2, 0.25) is 0 Å². The van der Waals surface area contributed by atoms with Crippen LogP contribution in [0.25, 0.3) is 0 Å². The smallest absolute Gasteiger partial charge is 0.434 e. The van der Waals surface area contributed by atoms with Crippen molar-refractivity contribution in [2.75, 3.05) is 0 Å². The van der Waals surface area contributed by atoms with E-state index in [4.69, 9.17) is 18.9 Å². The van der Waals surface area contributed by atoms with Crippen molar-refractivity contribution in [1.29, 1.82) is 0 Å². The van der Waals surface area contributed by atoms with Crippen molar-refractivity contribution < 1.29 is 59.6 Å². The Hall–Kier alpha value is -2.38. The molecule has 4 rings (SSSR count). The fourth-order valence-electron chi connectivity index (χ4n) is 3.83. The summed E-state index contributed by atoms with van der Waals surface area (Å²) >= 11 is 0. The van der Waals surface area contributed by atoms with Gasteiger partial charge in [-0.15, -0.1) is 0 Å². The molecule has 6 unspecified atom stereocenters. The normalized spacial score (nSPS) is 34.4. The molecule has 176 valence electrons. The van der Waals surface area contributed by atoms with Gasteiger partial charge in [-0.25, -0.2) is 4.79 Å². The molecule has 3 fully saturated rings. The van der Waals surface area contributed by atoms with Gasteiger partial charge in [0.1, 0.15) is 6.10 Å². The Kier molecular flexibility index (Phi) is 5.21. The molecule has 0 aromatic heterocycles. The zero-order valence-electron chi connectivity index (χ0n) is 16.4. The van der Waals surface area contributed by atoms with Crippen LogP contribution in [0.5, 0.6) is 0 Å². The molecule has 3 aliphatic heterocycles. The maximum Gasteiger partial charge on any atom is 0.434 e. The van der Waals surface area contributed by atoms with Crippen molar-refractivity contribution in [2.45, 2.75) is 62.7 Å². The molecule has 32 heavy (non-hydrogen) atoms. The number of hydrogen-bond acceptors (Lipinski definition) is 7. The van der Waals surface area contributed by atoms with Gasteiger partial charge in [0.15, 0.2) is 24.3 Å². The highest BCUT2D eigenvalue weighted by Crippen LogP contribution is 2.47. The maximum atomic E-state index is 12.6. The minimum Gasteiger partial charge on any atom is -0.456 e. The minimum absolute atomic E-state index is 0.296. The first-order valence-corrected chi connectivity index (χ1v) is 9.37. The lowest BCUT2D eigenvalue weighted by atomic mass is 10.0. The van der Waals surface area contributed by atoms with Crippen molar-refractivity contribution in [2.24, 2.45) is 5.92 Å². The van der Waals surface area contributed by atoms with Crippen molar-refractivity contribution in [3.05, 3.63) is 35.4 Å². The number of alkyl halides is 6. The summed E-state index contributed by atoms with van der Waals surface area (Å²) in [7, 11) is 0. The van der Waals surface area contributed by atoms with Crippen LogP contribution < -0.4 is 0 Å². The molecule has 3 heterocycles. The summed E-state index contributed by atoms with van der Waals surface area (Å²) in [5, 5.41) is 0. The highest BCUT2D eigenvalue weighted by atomic mass is 19.4. The van der Waals surface area contributed by atoms with Gasteiger partial charge in [-0.2, -0.15) is 26.3 Å². The molecular weight excluding hydrogens is 454 g/mol. The summed E-state index contributed by atoms with van der Waals surface area (Å²) in [4.78, 5) is 23.6. The molecule has 0 N–H and O–H groups in total. The number of benzene rings is 1. The first kappa shape index (κ1) is 22.8. The van der Waals surface area contributed by atoms with Crippen molar-refractivity contribution >= 4 is 11.9 Å². The van der Waals surface area contributed by atoms with E-state index in [9.17, 15) is 35.9 Å². The number of esters is 2. The van der Waals surface area contributed by atoms with Gasteiger partial charge in [-0.3, -0.25) is 4.79 Å². The Balaban J connectivity index is 1.46. The third-order valence-electron chi connectivity index (χ3n) is 5.49. The highest BCUT2D eigenvalue weighted by molar-refractivity contribution is 5.89. The number of halogens is 6. The summed E-state index contributed by atoms with van der Waals surface area (Å²) in [5.74, 6) is -4.16. The molecular formula is C19H16F6O7. The van der Waals surface area contributed by atoms with E-state index in [2.05, 4.69) is 4.74 Å². The van der Waals surface area contributed by atoms with Gasteiger partial charge in [0.2, 0.25) is 0 Å². The average molecular weight is 470 g/mol. The fourth-order valence-corrected chi connectivity index (χ4v) is 3.83. The number of carbonyl (C=O) groups excluding carboxylic acids is 2. The van der Waals surface area contributed by atoms with Crippen LogP contribution in [0, 0.1) is 5.92 Å². The second kappa shape index (κ2) is 7.32. The lowest BCUT2D eigenvalue weighted by molar-refractivity contribution is -0.307. The molecule has 7 nitrogen and oxygen atoms in total. The Bertz CT molecular complexity index is 900. The second-order valence-electron chi connectivity index (χ2n) is 7.75. The van der Waals surface area contributed by atoms with E-state index in [1.54, 1.807) is 6.92 Å². The minimum atomic E-state index is -5.82. The molecule has 13 heteroatoms.